The van der Waals surface area contributed by atoms with Gasteiger partial charge in [-0.15, -0.1) is 0 Å². The number of nitrogens with zero attached hydrogens (tertiary/aromatic N) is 4. The maximum atomic E-state index is 5.68. The van der Waals surface area contributed by atoms with Crippen LogP contribution in [0.1, 0.15) is 11.1 Å². The Hall–Kier alpha value is -2.37. The summed E-state index contributed by atoms with van der Waals surface area (Å²) in [6, 6.07) is 6.17. The van der Waals surface area contributed by atoms with Crippen LogP contribution in [0.5, 0.6) is 0 Å². The second kappa shape index (κ2) is 5.09. The topological polar surface area (TPSA) is 80.0 Å². The number of hydrogen-bond donors (Lipinski definition) is 2. The largest absolute Gasteiger partial charge is 0.368 e. The van der Waals surface area contributed by atoms with Crippen molar-refractivity contribution in [2.45, 2.75) is 13.8 Å². The fourth-order valence-electron chi connectivity index (χ4n) is 1.81. The number of nitrogens with two attached hydrogens (primary N) is 1. The normalized spacial score (nSPS) is 10.3. The van der Waals surface area contributed by atoms with E-state index in [9.17, 15) is 0 Å². The van der Waals surface area contributed by atoms with Gasteiger partial charge in [-0.1, -0.05) is 6.07 Å². The molecule has 0 aliphatic rings. The first-order valence-electron chi connectivity index (χ1n) is 5.98. The van der Waals surface area contributed by atoms with Gasteiger partial charge in [-0.05, 0) is 37.1 Å². The molecule has 0 spiro atoms. The average Bonchev–Trinajstić information content (AvgIpc) is 2.26. The van der Waals surface area contributed by atoms with Crippen LogP contribution in [-0.4, -0.2) is 29.0 Å². The molecule has 0 atom stereocenters. The molecule has 0 aliphatic carbocycles. The number of aromatic nitrogens is 3. The summed E-state index contributed by atoms with van der Waals surface area (Å²) in [5.41, 5.74) is 8.98. The number of benzene rings is 1. The number of anilines is 4. The Labute approximate surface area is 112 Å². The molecule has 6 nitrogen and oxygen atoms in total. The molecule has 1 aromatic carbocycles. The lowest BCUT2D eigenvalue weighted by Crippen LogP contribution is -2.15. The summed E-state index contributed by atoms with van der Waals surface area (Å²) >= 11 is 0. The van der Waals surface area contributed by atoms with Gasteiger partial charge in [0.25, 0.3) is 0 Å². The molecule has 100 valence electrons. The Morgan fingerprint density at radius 2 is 1.63 bits per heavy atom. The van der Waals surface area contributed by atoms with Crippen molar-refractivity contribution in [1.82, 2.24) is 15.0 Å². The molecule has 0 amide bonds. The minimum Gasteiger partial charge on any atom is -0.368 e. The number of hydrogen-bond acceptors (Lipinski definition) is 6. The van der Waals surface area contributed by atoms with E-state index < -0.39 is 0 Å². The molecule has 0 radical (unpaired) electrons. The molecule has 0 fully saturated rings. The van der Waals surface area contributed by atoms with Crippen LogP contribution in [0.4, 0.5) is 23.5 Å². The summed E-state index contributed by atoms with van der Waals surface area (Å²) in [7, 11) is 3.71. The lowest BCUT2D eigenvalue weighted by molar-refractivity contribution is 0.969. The van der Waals surface area contributed by atoms with E-state index in [0.717, 1.165) is 5.69 Å². The average molecular weight is 258 g/mol. The first-order valence-corrected chi connectivity index (χ1v) is 5.98. The third-order valence-corrected chi connectivity index (χ3v) is 2.52. The van der Waals surface area contributed by atoms with Crippen LogP contribution in [-0.2, 0) is 0 Å². The van der Waals surface area contributed by atoms with Gasteiger partial charge in [0.1, 0.15) is 0 Å². The van der Waals surface area contributed by atoms with Crippen LogP contribution >= 0.6 is 0 Å². The van der Waals surface area contributed by atoms with Crippen LogP contribution in [0, 0.1) is 13.8 Å². The molecule has 3 N–H and O–H groups in total. The van der Waals surface area contributed by atoms with Crippen LogP contribution in [0.3, 0.4) is 0 Å². The third kappa shape index (κ3) is 3.31. The molecule has 2 aromatic rings. The van der Waals surface area contributed by atoms with Gasteiger partial charge in [-0.25, -0.2) is 0 Å². The maximum absolute atomic E-state index is 5.68. The highest BCUT2D eigenvalue weighted by molar-refractivity contribution is 5.57. The zero-order valence-electron chi connectivity index (χ0n) is 11.6. The highest BCUT2D eigenvalue weighted by Gasteiger charge is 2.06. The van der Waals surface area contributed by atoms with Gasteiger partial charge in [0, 0.05) is 19.8 Å². The smallest absolute Gasteiger partial charge is 0.233 e. The predicted octanol–water partition coefficient (Wildman–Crippen LogP) is 1.88. The summed E-state index contributed by atoms with van der Waals surface area (Å²) in [5, 5.41) is 3.15. The van der Waals surface area contributed by atoms with Crippen LogP contribution < -0.4 is 16.0 Å². The van der Waals surface area contributed by atoms with Gasteiger partial charge in [0.05, 0.1) is 0 Å². The van der Waals surface area contributed by atoms with Crippen molar-refractivity contribution in [2.24, 2.45) is 0 Å². The lowest BCUT2D eigenvalue weighted by atomic mass is 10.1. The highest BCUT2D eigenvalue weighted by Crippen LogP contribution is 2.18. The molecule has 1 aromatic heterocycles. The second-order valence-corrected chi connectivity index (χ2v) is 4.71. The molecule has 0 aliphatic heterocycles. The van der Waals surface area contributed by atoms with Crippen molar-refractivity contribution < 1.29 is 0 Å². The number of rotatable bonds is 3. The quantitative estimate of drug-likeness (QED) is 0.875. The van der Waals surface area contributed by atoms with Gasteiger partial charge in [0.15, 0.2) is 0 Å². The summed E-state index contributed by atoms with van der Waals surface area (Å²) in [5.74, 6) is 1.17. The van der Waals surface area contributed by atoms with Gasteiger partial charge in [-0.2, -0.15) is 15.0 Å². The van der Waals surface area contributed by atoms with Crippen molar-refractivity contribution in [3.63, 3.8) is 0 Å². The summed E-state index contributed by atoms with van der Waals surface area (Å²) < 4.78 is 0. The zero-order chi connectivity index (χ0) is 14.0. The van der Waals surface area contributed by atoms with Gasteiger partial charge in [0.2, 0.25) is 17.8 Å². The van der Waals surface area contributed by atoms with E-state index in [1.807, 2.05) is 40.1 Å². The summed E-state index contributed by atoms with van der Waals surface area (Å²) in [6.07, 6.45) is 0. The third-order valence-electron chi connectivity index (χ3n) is 2.52. The monoisotopic (exact) mass is 258 g/mol. The fourth-order valence-corrected chi connectivity index (χ4v) is 1.81. The van der Waals surface area contributed by atoms with Crippen molar-refractivity contribution >= 4 is 23.5 Å². The molecule has 0 unspecified atom stereocenters. The lowest BCUT2D eigenvalue weighted by Gasteiger charge is -2.12. The molecule has 0 saturated carbocycles. The van der Waals surface area contributed by atoms with Crippen LogP contribution in [0.25, 0.3) is 0 Å². The predicted molar refractivity (Wildman–Crippen MR) is 77.8 cm³/mol. The number of nitrogens with one attached hydrogen (secondary N) is 1. The van der Waals surface area contributed by atoms with Crippen LogP contribution in [0.15, 0.2) is 18.2 Å². The molecule has 19 heavy (non-hydrogen) atoms. The van der Waals surface area contributed by atoms with Crippen molar-refractivity contribution in [3.8, 4) is 0 Å². The Balaban J connectivity index is 2.32. The van der Waals surface area contributed by atoms with Crippen molar-refractivity contribution in [2.75, 3.05) is 30.0 Å². The van der Waals surface area contributed by atoms with Gasteiger partial charge >= 0.3 is 0 Å². The second-order valence-electron chi connectivity index (χ2n) is 4.71. The molecular weight excluding hydrogens is 240 g/mol. The molecule has 1 heterocycles. The standard InChI is InChI=1S/C13H18N6/c1-8-5-9(2)7-10(6-8)15-12-16-11(14)17-13(18-12)19(3)4/h5-7H,1-4H3,(H3,14,15,16,17,18). The first-order chi connectivity index (χ1) is 8.94. The molecular formula is C13H18N6. The number of aryl methyl sites for hydroxylation is 2. The SMILES string of the molecule is Cc1cc(C)cc(Nc2nc(N)nc(N(C)C)n2)c1. The summed E-state index contributed by atoms with van der Waals surface area (Å²) in [4.78, 5) is 14.2. The van der Waals surface area contributed by atoms with Crippen molar-refractivity contribution in [3.05, 3.63) is 29.3 Å². The first kappa shape index (κ1) is 13.1. The number of nitrogen functional groups attached to an aromatic ring is 1. The molecule has 0 saturated heterocycles. The van der Waals surface area contributed by atoms with E-state index in [0.29, 0.717) is 11.9 Å². The van der Waals surface area contributed by atoms with Crippen molar-refractivity contribution in [1.29, 1.82) is 0 Å². The van der Waals surface area contributed by atoms with Crippen LogP contribution in [0.2, 0.25) is 0 Å². The van der Waals surface area contributed by atoms with Gasteiger partial charge < -0.3 is 16.0 Å². The molecule has 0 bridgehead atoms. The Kier molecular flexibility index (Phi) is 3.50. The maximum Gasteiger partial charge on any atom is 0.233 e. The minimum absolute atomic E-state index is 0.200. The Morgan fingerprint density at radius 1 is 1.00 bits per heavy atom. The van der Waals surface area contributed by atoms with E-state index in [1.165, 1.54) is 11.1 Å². The zero-order valence-corrected chi connectivity index (χ0v) is 11.6. The van der Waals surface area contributed by atoms with Gasteiger partial charge in [-0.3, -0.25) is 0 Å². The van der Waals surface area contributed by atoms with E-state index in [1.54, 1.807) is 4.90 Å². The Morgan fingerprint density at radius 3 is 2.21 bits per heavy atom. The van der Waals surface area contributed by atoms with E-state index in [2.05, 4.69) is 26.3 Å². The molecule has 2 rings (SSSR count). The van der Waals surface area contributed by atoms with E-state index in [4.69, 9.17) is 5.73 Å². The molecule has 6 heteroatoms. The minimum atomic E-state index is 0.200. The summed E-state index contributed by atoms with van der Waals surface area (Å²) in [6.45, 7) is 4.09. The van der Waals surface area contributed by atoms with E-state index in [-0.39, 0.29) is 5.95 Å². The Bertz CT molecular complexity index is 573. The fraction of sp³-hybridized carbons (Fsp3) is 0.308. The highest BCUT2D eigenvalue weighted by atomic mass is 15.3. The van der Waals surface area contributed by atoms with E-state index >= 15 is 0 Å².